The van der Waals surface area contributed by atoms with Crippen molar-refractivity contribution in [2.75, 3.05) is 6.61 Å². The lowest BCUT2D eigenvalue weighted by molar-refractivity contribution is -0.431. The summed E-state index contributed by atoms with van der Waals surface area (Å²) in [7, 11) is 0. The van der Waals surface area contributed by atoms with Gasteiger partial charge in [0.15, 0.2) is 0 Å². The number of halogens is 2. The smallest absolute Gasteiger partial charge is 0.249 e. The van der Waals surface area contributed by atoms with Gasteiger partial charge in [-0.15, -0.1) is 0 Å². The zero-order valence-electron chi connectivity index (χ0n) is 11.7. The van der Waals surface area contributed by atoms with E-state index >= 15 is 0 Å². The van der Waals surface area contributed by atoms with Crippen molar-refractivity contribution in [2.24, 2.45) is 5.92 Å². The SMILES string of the molecule is CCCOc1c(Br)cc(Br)cc1/C=C(/C(C)C)[N+](=O)[O-]. The molecule has 0 spiro atoms. The van der Waals surface area contributed by atoms with Crippen LogP contribution >= 0.6 is 31.9 Å². The molecule has 0 amide bonds. The van der Waals surface area contributed by atoms with E-state index in [9.17, 15) is 10.1 Å². The van der Waals surface area contributed by atoms with Crippen LogP contribution in [-0.2, 0) is 0 Å². The Morgan fingerprint density at radius 1 is 1.45 bits per heavy atom. The van der Waals surface area contributed by atoms with Crippen molar-refractivity contribution in [2.45, 2.75) is 27.2 Å². The van der Waals surface area contributed by atoms with Gasteiger partial charge in [0.05, 0.1) is 16.0 Å². The summed E-state index contributed by atoms with van der Waals surface area (Å²) < 4.78 is 7.31. The Balaban J connectivity index is 3.34. The highest BCUT2D eigenvalue weighted by atomic mass is 79.9. The van der Waals surface area contributed by atoms with E-state index in [-0.39, 0.29) is 16.5 Å². The van der Waals surface area contributed by atoms with Gasteiger partial charge in [-0.3, -0.25) is 10.1 Å². The molecule has 4 nitrogen and oxygen atoms in total. The Morgan fingerprint density at radius 2 is 2.10 bits per heavy atom. The van der Waals surface area contributed by atoms with Crippen LogP contribution in [0, 0.1) is 16.0 Å². The Kier molecular flexibility index (Phi) is 6.68. The second kappa shape index (κ2) is 7.78. The van der Waals surface area contributed by atoms with Crippen molar-refractivity contribution in [3.05, 3.63) is 42.5 Å². The highest BCUT2D eigenvalue weighted by Crippen LogP contribution is 2.35. The van der Waals surface area contributed by atoms with Gasteiger partial charge in [0.1, 0.15) is 5.75 Å². The zero-order valence-corrected chi connectivity index (χ0v) is 14.8. The summed E-state index contributed by atoms with van der Waals surface area (Å²) in [6.45, 7) is 6.18. The Bertz CT molecular complexity index is 527. The minimum Gasteiger partial charge on any atom is -0.492 e. The Labute approximate surface area is 135 Å². The molecule has 6 heteroatoms. The second-order valence-electron chi connectivity index (χ2n) is 4.64. The van der Waals surface area contributed by atoms with Crippen molar-refractivity contribution in [1.29, 1.82) is 0 Å². The predicted molar refractivity (Wildman–Crippen MR) is 87.4 cm³/mol. The first-order valence-corrected chi connectivity index (χ1v) is 7.93. The molecule has 0 saturated carbocycles. The van der Waals surface area contributed by atoms with Crippen LogP contribution in [0.1, 0.15) is 32.8 Å². The number of benzene rings is 1. The fourth-order valence-electron chi connectivity index (χ4n) is 1.63. The highest BCUT2D eigenvalue weighted by molar-refractivity contribution is 9.11. The van der Waals surface area contributed by atoms with Gasteiger partial charge in [-0.25, -0.2) is 0 Å². The van der Waals surface area contributed by atoms with Crippen molar-refractivity contribution < 1.29 is 9.66 Å². The van der Waals surface area contributed by atoms with Gasteiger partial charge in [0.25, 0.3) is 0 Å². The van der Waals surface area contributed by atoms with E-state index in [2.05, 4.69) is 31.9 Å². The Morgan fingerprint density at radius 3 is 2.60 bits per heavy atom. The lowest BCUT2D eigenvalue weighted by Crippen LogP contribution is -2.06. The molecule has 1 rings (SSSR count). The average molecular weight is 407 g/mol. The van der Waals surface area contributed by atoms with Gasteiger partial charge in [0.2, 0.25) is 5.70 Å². The maximum absolute atomic E-state index is 11.1. The van der Waals surface area contributed by atoms with Crippen LogP contribution in [0.2, 0.25) is 0 Å². The summed E-state index contributed by atoms with van der Waals surface area (Å²) in [4.78, 5) is 10.8. The van der Waals surface area contributed by atoms with Crippen LogP contribution in [0.15, 0.2) is 26.8 Å². The van der Waals surface area contributed by atoms with E-state index in [4.69, 9.17) is 4.74 Å². The van der Waals surface area contributed by atoms with Crippen molar-refractivity contribution >= 4 is 37.9 Å². The van der Waals surface area contributed by atoms with Crippen molar-refractivity contribution in [3.63, 3.8) is 0 Å². The standard InChI is InChI=1S/C14H17Br2NO3/c1-4-5-20-14-10(6-11(15)8-12(14)16)7-13(9(2)3)17(18)19/h6-9H,4-5H2,1-3H3/b13-7-. The predicted octanol–water partition coefficient (Wildman–Crippen LogP) is 5.27. The molecular weight excluding hydrogens is 390 g/mol. The van der Waals surface area contributed by atoms with E-state index in [0.717, 1.165) is 15.4 Å². The van der Waals surface area contributed by atoms with Gasteiger partial charge >= 0.3 is 0 Å². The summed E-state index contributed by atoms with van der Waals surface area (Å²) in [5.41, 5.74) is 0.858. The summed E-state index contributed by atoms with van der Waals surface area (Å²) >= 11 is 6.83. The third kappa shape index (κ3) is 4.59. The first-order chi connectivity index (χ1) is 9.36. The quantitative estimate of drug-likeness (QED) is 0.477. The molecular formula is C14H17Br2NO3. The number of ether oxygens (including phenoxy) is 1. The molecule has 20 heavy (non-hydrogen) atoms. The molecule has 0 fully saturated rings. The highest BCUT2D eigenvalue weighted by Gasteiger charge is 2.18. The van der Waals surface area contributed by atoms with Crippen LogP contribution in [0.4, 0.5) is 0 Å². The lowest BCUT2D eigenvalue weighted by atomic mass is 10.1. The summed E-state index contributed by atoms with van der Waals surface area (Å²) in [5, 5.41) is 11.1. The van der Waals surface area contributed by atoms with Crippen LogP contribution in [0.5, 0.6) is 5.75 Å². The molecule has 0 aliphatic heterocycles. The van der Waals surface area contributed by atoms with E-state index in [1.54, 1.807) is 19.9 Å². The topological polar surface area (TPSA) is 52.4 Å². The molecule has 0 heterocycles. The number of hydrogen-bond acceptors (Lipinski definition) is 3. The van der Waals surface area contributed by atoms with Crippen LogP contribution in [0.25, 0.3) is 6.08 Å². The average Bonchev–Trinajstić information content (AvgIpc) is 2.33. The molecule has 0 N–H and O–H groups in total. The summed E-state index contributed by atoms with van der Waals surface area (Å²) in [6, 6.07) is 3.69. The van der Waals surface area contributed by atoms with Crippen LogP contribution < -0.4 is 4.74 Å². The third-order valence-corrected chi connectivity index (χ3v) is 3.64. The molecule has 0 aliphatic rings. The minimum absolute atomic E-state index is 0.163. The Hall–Kier alpha value is -0.880. The molecule has 0 aliphatic carbocycles. The lowest BCUT2D eigenvalue weighted by Gasteiger charge is -2.12. The minimum atomic E-state index is -0.344. The molecule has 1 aromatic rings. The van der Waals surface area contributed by atoms with E-state index in [1.807, 2.05) is 19.1 Å². The number of hydrogen-bond donors (Lipinski definition) is 0. The normalized spacial score (nSPS) is 11.8. The molecule has 0 atom stereocenters. The van der Waals surface area contributed by atoms with Crippen molar-refractivity contribution in [3.8, 4) is 5.75 Å². The van der Waals surface area contributed by atoms with Gasteiger partial charge in [0, 0.05) is 22.0 Å². The first-order valence-electron chi connectivity index (χ1n) is 6.34. The number of rotatable bonds is 6. The fourth-order valence-corrected chi connectivity index (χ4v) is 3.01. The molecule has 0 bridgehead atoms. The van der Waals surface area contributed by atoms with E-state index in [1.165, 1.54) is 0 Å². The molecule has 110 valence electrons. The zero-order chi connectivity index (χ0) is 15.3. The molecule has 0 unspecified atom stereocenters. The number of nitro groups is 1. The number of nitrogens with zero attached hydrogens (tertiary/aromatic N) is 1. The third-order valence-electron chi connectivity index (χ3n) is 2.59. The fraction of sp³-hybridized carbons (Fsp3) is 0.429. The van der Waals surface area contributed by atoms with Crippen LogP contribution in [0.3, 0.4) is 0 Å². The van der Waals surface area contributed by atoms with E-state index in [0.29, 0.717) is 17.9 Å². The summed E-state index contributed by atoms with van der Waals surface area (Å²) in [5.74, 6) is 0.469. The molecule has 0 aromatic heterocycles. The molecule has 0 saturated heterocycles. The maximum atomic E-state index is 11.1. The largest absolute Gasteiger partial charge is 0.492 e. The van der Waals surface area contributed by atoms with Gasteiger partial charge < -0.3 is 4.74 Å². The first kappa shape index (κ1) is 17.2. The van der Waals surface area contributed by atoms with Gasteiger partial charge in [-0.1, -0.05) is 36.7 Å². The van der Waals surface area contributed by atoms with Crippen LogP contribution in [-0.4, -0.2) is 11.5 Å². The number of allylic oxidation sites excluding steroid dienone is 1. The summed E-state index contributed by atoms with van der Waals surface area (Å²) in [6.07, 6.45) is 2.45. The maximum Gasteiger partial charge on any atom is 0.249 e. The molecule has 0 radical (unpaired) electrons. The van der Waals surface area contributed by atoms with Crippen molar-refractivity contribution in [1.82, 2.24) is 0 Å². The van der Waals surface area contributed by atoms with E-state index < -0.39 is 0 Å². The monoisotopic (exact) mass is 405 g/mol. The van der Waals surface area contributed by atoms with Gasteiger partial charge in [-0.05, 0) is 34.5 Å². The molecule has 1 aromatic carbocycles. The second-order valence-corrected chi connectivity index (χ2v) is 6.41. The van der Waals surface area contributed by atoms with Gasteiger partial charge in [-0.2, -0.15) is 0 Å².